The first-order chi connectivity index (χ1) is 14.4. The fraction of sp³-hybridized carbons (Fsp3) is 0.435. The molecule has 8 heteroatoms. The first-order valence-corrected chi connectivity index (χ1v) is 11.9. The molecule has 0 saturated heterocycles. The van der Waals surface area contributed by atoms with Crippen molar-refractivity contribution in [1.82, 2.24) is 5.32 Å². The molecule has 2 aromatic carbocycles. The molecule has 0 aromatic heterocycles. The molecule has 0 heterocycles. The summed E-state index contributed by atoms with van der Waals surface area (Å²) in [5.41, 5.74) is 3.14. The van der Waals surface area contributed by atoms with Gasteiger partial charge in [0.05, 0.1) is 25.1 Å². The molecule has 2 unspecified atom stereocenters. The van der Waals surface area contributed by atoms with E-state index >= 15 is 0 Å². The van der Waals surface area contributed by atoms with Crippen molar-refractivity contribution in [3.8, 4) is 5.75 Å². The van der Waals surface area contributed by atoms with Gasteiger partial charge in [0, 0.05) is 0 Å². The van der Waals surface area contributed by atoms with E-state index in [1.165, 1.54) is 19.1 Å². The van der Waals surface area contributed by atoms with Crippen LogP contribution in [0.1, 0.15) is 56.3 Å². The SMILES string of the molecule is COc1cc(C)c(C(C)NC(=O)C(C)N(c2ccc(F)cc2)S(C)(=O)=O)cc1C(C)C. The number of amides is 1. The van der Waals surface area contributed by atoms with Gasteiger partial charge in [0.2, 0.25) is 15.9 Å². The maximum atomic E-state index is 13.3. The van der Waals surface area contributed by atoms with Gasteiger partial charge in [-0.2, -0.15) is 0 Å². The predicted octanol–water partition coefficient (Wildman–Crippen LogP) is 4.30. The smallest absolute Gasteiger partial charge is 0.244 e. The Labute approximate surface area is 184 Å². The third kappa shape index (κ3) is 5.76. The summed E-state index contributed by atoms with van der Waals surface area (Å²) >= 11 is 0. The average Bonchev–Trinajstić information content (AvgIpc) is 2.67. The van der Waals surface area contributed by atoms with Crippen LogP contribution in [0.2, 0.25) is 0 Å². The minimum absolute atomic E-state index is 0.224. The van der Waals surface area contributed by atoms with Crippen molar-refractivity contribution in [2.45, 2.75) is 52.6 Å². The minimum atomic E-state index is -3.78. The summed E-state index contributed by atoms with van der Waals surface area (Å²) in [4.78, 5) is 13.0. The number of nitrogens with zero attached hydrogens (tertiary/aromatic N) is 1. The van der Waals surface area contributed by atoms with E-state index in [1.54, 1.807) is 7.11 Å². The van der Waals surface area contributed by atoms with Crippen molar-refractivity contribution in [2.24, 2.45) is 0 Å². The standard InChI is InChI=1S/C23H31FN2O4S/c1-14(2)20-13-21(15(3)12-22(20)30-6)16(4)25-23(27)17(5)26(31(7,28)29)19-10-8-18(24)9-11-19/h8-14,16-17H,1-7H3,(H,25,27). The molecule has 0 radical (unpaired) electrons. The number of benzene rings is 2. The van der Waals surface area contributed by atoms with Gasteiger partial charge in [0.25, 0.3) is 0 Å². The molecule has 0 aliphatic rings. The molecule has 2 atom stereocenters. The number of rotatable bonds is 8. The molecule has 0 spiro atoms. The number of ether oxygens (including phenoxy) is 1. The van der Waals surface area contributed by atoms with E-state index in [0.29, 0.717) is 0 Å². The van der Waals surface area contributed by atoms with Crippen LogP contribution < -0.4 is 14.4 Å². The highest BCUT2D eigenvalue weighted by atomic mass is 32.2. The van der Waals surface area contributed by atoms with Crippen molar-refractivity contribution in [3.63, 3.8) is 0 Å². The summed E-state index contributed by atoms with van der Waals surface area (Å²) in [6.07, 6.45) is 1.02. The second-order valence-corrected chi connectivity index (χ2v) is 9.91. The van der Waals surface area contributed by atoms with Crippen molar-refractivity contribution in [3.05, 3.63) is 58.9 Å². The Morgan fingerprint density at radius 1 is 1.06 bits per heavy atom. The van der Waals surface area contributed by atoms with Gasteiger partial charge in [-0.25, -0.2) is 12.8 Å². The Hall–Kier alpha value is -2.61. The fourth-order valence-corrected chi connectivity index (χ4v) is 4.79. The lowest BCUT2D eigenvalue weighted by Crippen LogP contribution is -2.48. The Bertz CT molecular complexity index is 1040. The molecular formula is C23H31FN2O4S. The van der Waals surface area contributed by atoms with Gasteiger partial charge >= 0.3 is 0 Å². The van der Waals surface area contributed by atoms with Gasteiger partial charge in [-0.15, -0.1) is 0 Å². The van der Waals surface area contributed by atoms with E-state index in [0.717, 1.165) is 45.1 Å². The fourth-order valence-electron chi connectivity index (χ4n) is 3.62. The molecule has 1 amide bonds. The maximum absolute atomic E-state index is 13.3. The number of aryl methyl sites for hydroxylation is 1. The van der Waals surface area contributed by atoms with Crippen LogP contribution in [0.25, 0.3) is 0 Å². The van der Waals surface area contributed by atoms with Gasteiger partial charge in [-0.3, -0.25) is 9.10 Å². The normalized spacial score (nSPS) is 13.6. The summed E-state index contributed by atoms with van der Waals surface area (Å²) in [7, 11) is -2.15. The van der Waals surface area contributed by atoms with Crippen LogP contribution in [0.5, 0.6) is 5.75 Å². The summed E-state index contributed by atoms with van der Waals surface area (Å²) in [6.45, 7) is 9.43. The lowest BCUT2D eigenvalue weighted by molar-refractivity contribution is -0.122. The summed E-state index contributed by atoms with van der Waals surface area (Å²) in [5, 5.41) is 2.91. The molecule has 6 nitrogen and oxygen atoms in total. The number of carbonyl (C=O) groups excluding carboxylic acids is 1. The van der Waals surface area contributed by atoms with Crippen LogP contribution in [-0.2, 0) is 14.8 Å². The summed E-state index contributed by atoms with van der Waals surface area (Å²) in [6, 6.07) is 7.59. The van der Waals surface area contributed by atoms with E-state index in [2.05, 4.69) is 19.2 Å². The van der Waals surface area contributed by atoms with E-state index in [1.807, 2.05) is 26.0 Å². The second-order valence-electron chi connectivity index (χ2n) is 8.05. The van der Waals surface area contributed by atoms with Crippen LogP contribution in [0.15, 0.2) is 36.4 Å². The first kappa shape index (κ1) is 24.7. The lowest BCUT2D eigenvalue weighted by atomic mass is 9.93. The Kier molecular flexibility index (Phi) is 7.70. The van der Waals surface area contributed by atoms with Crippen molar-refractivity contribution in [2.75, 3.05) is 17.7 Å². The monoisotopic (exact) mass is 450 g/mol. The third-order valence-electron chi connectivity index (χ3n) is 5.24. The third-order valence-corrected chi connectivity index (χ3v) is 6.48. The number of methoxy groups -OCH3 is 1. The number of hydrogen-bond acceptors (Lipinski definition) is 4. The van der Waals surface area contributed by atoms with Gasteiger partial charge in [0.1, 0.15) is 17.6 Å². The Balaban J connectivity index is 2.32. The molecule has 0 saturated carbocycles. The molecule has 0 aliphatic carbocycles. The van der Waals surface area contributed by atoms with Crippen LogP contribution in [0.3, 0.4) is 0 Å². The molecule has 2 aromatic rings. The molecular weight excluding hydrogens is 419 g/mol. The molecule has 2 rings (SSSR count). The summed E-state index contributed by atoms with van der Waals surface area (Å²) < 4.78 is 44.6. The number of halogens is 1. The van der Waals surface area contributed by atoms with Crippen LogP contribution in [-0.4, -0.2) is 33.7 Å². The van der Waals surface area contributed by atoms with Gasteiger partial charge in [-0.05, 0) is 79.8 Å². The second kappa shape index (κ2) is 9.68. The first-order valence-electron chi connectivity index (χ1n) is 10.1. The zero-order valence-electron chi connectivity index (χ0n) is 19.1. The highest BCUT2D eigenvalue weighted by Crippen LogP contribution is 2.32. The van der Waals surface area contributed by atoms with E-state index in [9.17, 15) is 17.6 Å². The van der Waals surface area contributed by atoms with Crippen molar-refractivity contribution < 1.29 is 22.3 Å². The molecule has 0 fully saturated rings. The van der Waals surface area contributed by atoms with Crippen molar-refractivity contribution >= 4 is 21.6 Å². The van der Waals surface area contributed by atoms with Gasteiger partial charge < -0.3 is 10.1 Å². The van der Waals surface area contributed by atoms with Gasteiger partial charge in [0.15, 0.2) is 0 Å². The van der Waals surface area contributed by atoms with Crippen LogP contribution >= 0.6 is 0 Å². The predicted molar refractivity (Wildman–Crippen MR) is 122 cm³/mol. The average molecular weight is 451 g/mol. The number of anilines is 1. The van der Waals surface area contributed by atoms with Crippen molar-refractivity contribution in [1.29, 1.82) is 0 Å². The van der Waals surface area contributed by atoms with E-state index in [4.69, 9.17) is 4.74 Å². The molecule has 0 aliphatic heterocycles. The minimum Gasteiger partial charge on any atom is -0.496 e. The van der Waals surface area contributed by atoms with E-state index in [-0.39, 0.29) is 17.6 Å². The Morgan fingerprint density at radius 3 is 2.13 bits per heavy atom. The molecule has 170 valence electrons. The maximum Gasteiger partial charge on any atom is 0.244 e. The number of nitrogens with one attached hydrogen (secondary N) is 1. The summed E-state index contributed by atoms with van der Waals surface area (Å²) in [5.74, 6) is 0.0838. The van der Waals surface area contributed by atoms with E-state index < -0.39 is 27.8 Å². The topological polar surface area (TPSA) is 75.7 Å². The molecule has 0 bridgehead atoms. The molecule has 31 heavy (non-hydrogen) atoms. The largest absolute Gasteiger partial charge is 0.496 e. The molecule has 1 N–H and O–H groups in total. The van der Waals surface area contributed by atoms with Crippen LogP contribution in [0, 0.1) is 12.7 Å². The zero-order chi connectivity index (χ0) is 23.5. The van der Waals surface area contributed by atoms with Crippen LogP contribution in [0.4, 0.5) is 10.1 Å². The highest BCUT2D eigenvalue weighted by Gasteiger charge is 2.30. The zero-order valence-corrected chi connectivity index (χ0v) is 19.9. The number of sulfonamides is 1. The van der Waals surface area contributed by atoms with Gasteiger partial charge in [-0.1, -0.05) is 13.8 Å². The quantitative estimate of drug-likeness (QED) is 0.651. The highest BCUT2D eigenvalue weighted by molar-refractivity contribution is 7.92. The Morgan fingerprint density at radius 2 is 1.65 bits per heavy atom. The number of hydrogen-bond donors (Lipinski definition) is 1. The lowest BCUT2D eigenvalue weighted by Gasteiger charge is -2.29. The number of carbonyl (C=O) groups is 1.